The lowest BCUT2D eigenvalue weighted by atomic mass is 9.85. The van der Waals surface area contributed by atoms with Gasteiger partial charge >= 0.3 is 0 Å². The number of nitrogens with one attached hydrogen (secondary N) is 1. The second kappa shape index (κ2) is 7.31. The summed E-state index contributed by atoms with van der Waals surface area (Å²) in [6.07, 6.45) is 1.86. The fourth-order valence-electron chi connectivity index (χ4n) is 2.69. The van der Waals surface area contributed by atoms with E-state index in [2.05, 4.69) is 11.4 Å². The molecule has 0 unspecified atom stereocenters. The van der Waals surface area contributed by atoms with Crippen molar-refractivity contribution in [3.63, 3.8) is 0 Å². The van der Waals surface area contributed by atoms with Gasteiger partial charge in [0.1, 0.15) is 0 Å². The van der Waals surface area contributed by atoms with Gasteiger partial charge in [-0.25, -0.2) is 0 Å². The Morgan fingerprint density at radius 2 is 1.82 bits per heavy atom. The highest BCUT2D eigenvalue weighted by Crippen LogP contribution is 2.36. The van der Waals surface area contributed by atoms with Crippen molar-refractivity contribution in [3.8, 4) is 11.5 Å². The quantitative estimate of drug-likeness (QED) is 0.748. The third-order valence-corrected chi connectivity index (χ3v) is 4.04. The van der Waals surface area contributed by atoms with Crippen molar-refractivity contribution in [3.05, 3.63) is 23.8 Å². The SMILES string of the molecule is COc1cc(CNC2CC(OC)(OC)C2)ccc1OC(C)C. The molecule has 1 aromatic carbocycles. The van der Waals surface area contributed by atoms with E-state index in [4.69, 9.17) is 18.9 Å². The molecule has 1 fully saturated rings. The maximum absolute atomic E-state index is 5.73. The van der Waals surface area contributed by atoms with Crippen LogP contribution in [0, 0.1) is 0 Å². The molecule has 1 aromatic rings. The first-order valence-electron chi connectivity index (χ1n) is 7.69. The minimum absolute atomic E-state index is 0.129. The molecule has 1 saturated carbocycles. The van der Waals surface area contributed by atoms with E-state index in [1.54, 1.807) is 21.3 Å². The Hall–Kier alpha value is -1.30. The van der Waals surface area contributed by atoms with Crippen LogP contribution < -0.4 is 14.8 Å². The van der Waals surface area contributed by atoms with Gasteiger partial charge in [-0.2, -0.15) is 0 Å². The maximum atomic E-state index is 5.73. The van der Waals surface area contributed by atoms with Crippen LogP contribution in [-0.4, -0.2) is 39.3 Å². The lowest BCUT2D eigenvalue weighted by molar-refractivity contribution is -0.259. The van der Waals surface area contributed by atoms with Crippen LogP contribution >= 0.6 is 0 Å². The Morgan fingerprint density at radius 1 is 1.14 bits per heavy atom. The highest BCUT2D eigenvalue weighted by atomic mass is 16.7. The molecule has 0 atom stereocenters. The van der Waals surface area contributed by atoms with Crippen molar-refractivity contribution in [2.45, 2.75) is 51.2 Å². The molecule has 0 heterocycles. The van der Waals surface area contributed by atoms with Crippen LogP contribution in [0.5, 0.6) is 11.5 Å². The molecule has 0 radical (unpaired) electrons. The van der Waals surface area contributed by atoms with Gasteiger partial charge in [0.15, 0.2) is 17.3 Å². The number of benzene rings is 1. The third-order valence-electron chi connectivity index (χ3n) is 4.04. The largest absolute Gasteiger partial charge is 0.493 e. The Labute approximate surface area is 132 Å². The first-order valence-corrected chi connectivity index (χ1v) is 7.69. The van der Waals surface area contributed by atoms with Crippen LogP contribution in [0.3, 0.4) is 0 Å². The Kier molecular flexibility index (Phi) is 5.67. The maximum Gasteiger partial charge on any atom is 0.170 e. The van der Waals surface area contributed by atoms with E-state index in [-0.39, 0.29) is 6.10 Å². The predicted molar refractivity (Wildman–Crippen MR) is 85.4 cm³/mol. The molecular formula is C17H27NO4. The Bertz CT molecular complexity index is 478. The molecule has 0 aliphatic heterocycles. The van der Waals surface area contributed by atoms with Gasteiger partial charge in [-0.1, -0.05) is 6.07 Å². The molecule has 22 heavy (non-hydrogen) atoms. The van der Waals surface area contributed by atoms with E-state index in [0.717, 1.165) is 30.9 Å². The van der Waals surface area contributed by atoms with Gasteiger partial charge in [0.2, 0.25) is 0 Å². The normalized spacial score (nSPS) is 17.4. The highest BCUT2D eigenvalue weighted by molar-refractivity contribution is 5.43. The van der Waals surface area contributed by atoms with E-state index in [1.807, 2.05) is 26.0 Å². The summed E-state index contributed by atoms with van der Waals surface area (Å²) >= 11 is 0. The molecule has 0 saturated heterocycles. The molecular weight excluding hydrogens is 282 g/mol. The summed E-state index contributed by atoms with van der Waals surface area (Å²) in [4.78, 5) is 0. The van der Waals surface area contributed by atoms with Gasteiger partial charge < -0.3 is 24.3 Å². The fourth-order valence-corrected chi connectivity index (χ4v) is 2.69. The van der Waals surface area contributed by atoms with Crippen LogP contribution in [0.25, 0.3) is 0 Å². The van der Waals surface area contributed by atoms with Gasteiger partial charge in [-0.3, -0.25) is 0 Å². The van der Waals surface area contributed by atoms with Crippen LogP contribution in [0.15, 0.2) is 18.2 Å². The minimum atomic E-state index is -0.398. The Morgan fingerprint density at radius 3 is 2.36 bits per heavy atom. The number of ether oxygens (including phenoxy) is 4. The van der Waals surface area contributed by atoms with E-state index < -0.39 is 5.79 Å². The van der Waals surface area contributed by atoms with Crippen molar-refractivity contribution in [2.24, 2.45) is 0 Å². The molecule has 1 aliphatic carbocycles. The lowest BCUT2D eigenvalue weighted by Gasteiger charge is -2.45. The molecule has 2 rings (SSSR count). The molecule has 124 valence electrons. The molecule has 1 N–H and O–H groups in total. The van der Waals surface area contributed by atoms with E-state index in [0.29, 0.717) is 6.04 Å². The molecule has 5 heteroatoms. The average Bonchev–Trinajstić information content (AvgIpc) is 2.47. The van der Waals surface area contributed by atoms with Crippen molar-refractivity contribution >= 4 is 0 Å². The number of rotatable bonds is 8. The van der Waals surface area contributed by atoms with E-state index >= 15 is 0 Å². The zero-order valence-corrected chi connectivity index (χ0v) is 14.1. The van der Waals surface area contributed by atoms with E-state index in [1.165, 1.54) is 5.56 Å². The molecule has 0 amide bonds. The van der Waals surface area contributed by atoms with Crippen LogP contribution in [-0.2, 0) is 16.0 Å². The van der Waals surface area contributed by atoms with Crippen LogP contribution in [0.1, 0.15) is 32.3 Å². The van der Waals surface area contributed by atoms with Gasteiger partial charge in [0.25, 0.3) is 0 Å². The summed E-state index contributed by atoms with van der Waals surface area (Å²) < 4.78 is 21.9. The van der Waals surface area contributed by atoms with Gasteiger partial charge in [0, 0.05) is 39.6 Å². The van der Waals surface area contributed by atoms with Gasteiger partial charge in [0.05, 0.1) is 13.2 Å². The van der Waals surface area contributed by atoms with E-state index in [9.17, 15) is 0 Å². The molecule has 0 spiro atoms. The predicted octanol–water partition coefficient (Wildman–Crippen LogP) is 2.72. The molecule has 0 aromatic heterocycles. The zero-order valence-electron chi connectivity index (χ0n) is 14.1. The minimum Gasteiger partial charge on any atom is -0.493 e. The summed E-state index contributed by atoms with van der Waals surface area (Å²) in [6, 6.07) is 6.46. The first-order chi connectivity index (χ1) is 10.5. The average molecular weight is 309 g/mol. The summed E-state index contributed by atoms with van der Waals surface area (Å²) in [5.41, 5.74) is 1.17. The summed E-state index contributed by atoms with van der Waals surface area (Å²) in [6.45, 7) is 4.79. The van der Waals surface area contributed by atoms with Crippen LogP contribution in [0.2, 0.25) is 0 Å². The summed E-state index contributed by atoms with van der Waals surface area (Å²) in [7, 11) is 5.05. The number of hydrogen-bond donors (Lipinski definition) is 1. The van der Waals surface area contributed by atoms with Crippen molar-refractivity contribution in [2.75, 3.05) is 21.3 Å². The first kappa shape index (κ1) is 17.1. The van der Waals surface area contributed by atoms with Crippen molar-refractivity contribution in [1.29, 1.82) is 0 Å². The number of methoxy groups -OCH3 is 3. The molecule has 0 bridgehead atoms. The van der Waals surface area contributed by atoms with Crippen molar-refractivity contribution < 1.29 is 18.9 Å². The van der Waals surface area contributed by atoms with Gasteiger partial charge in [-0.05, 0) is 31.5 Å². The molecule has 5 nitrogen and oxygen atoms in total. The van der Waals surface area contributed by atoms with Gasteiger partial charge in [-0.15, -0.1) is 0 Å². The second-order valence-corrected chi connectivity index (χ2v) is 5.96. The zero-order chi connectivity index (χ0) is 16.2. The lowest BCUT2D eigenvalue weighted by Crippen LogP contribution is -2.55. The third kappa shape index (κ3) is 3.91. The topological polar surface area (TPSA) is 49.0 Å². The standard InChI is InChI=1S/C17H27NO4/c1-12(2)22-15-7-6-13(8-16(15)19-3)11-18-14-9-17(10-14,20-4)21-5/h6-8,12,14,18H,9-11H2,1-5H3. The fraction of sp³-hybridized carbons (Fsp3) is 0.647. The number of hydrogen-bond acceptors (Lipinski definition) is 5. The summed E-state index contributed by atoms with van der Waals surface area (Å²) in [5, 5.41) is 3.51. The van der Waals surface area contributed by atoms with Crippen molar-refractivity contribution in [1.82, 2.24) is 5.32 Å². The smallest absolute Gasteiger partial charge is 0.170 e. The Balaban J connectivity index is 1.89. The monoisotopic (exact) mass is 309 g/mol. The summed E-state index contributed by atoms with van der Waals surface area (Å²) in [5.74, 6) is 1.15. The molecule has 1 aliphatic rings. The highest BCUT2D eigenvalue weighted by Gasteiger charge is 2.44. The van der Waals surface area contributed by atoms with Crippen LogP contribution in [0.4, 0.5) is 0 Å². The second-order valence-electron chi connectivity index (χ2n) is 5.96.